The minimum Gasteiger partial charge on any atom is -0.375 e. The van der Waals surface area contributed by atoms with Crippen molar-refractivity contribution in [3.05, 3.63) is 0 Å². The van der Waals surface area contributed by atoms with Gasteiger partial charge in [0.05, 0.1) is 12.7 Å². The molecule has 2 atom stereocenters. The first-order valence-corrected chi connectivity index (χ1v) is 5.83. The second kappa shape index (κ2) is 4.60. The van der Waals surface area contributed by atoms with Crippen LogP contribution in [0.15, 0.2) is 0 Å². The van der Waals surface area contributed by atoms with E-state index < -0.39 is 0 Å². The summed E-state index contributed by atoms with van der Waals surface area (Å²) in [7, 11) is 0. The van der Waals surface area contributed by atoms with Gasteiger partial charge in [-0.05, 0) is 26.8 Å². The molecule has 0 spiro atoms. The minimum atomic E-state index is 0.465. The molecule has 3 heteroatoms. The van der Waals surface area contributed by atoms with Crippen molar-refractivity contribution in [1.29, 1.82) is 0 Å². The van der Waals surface area contributed by atoms with Gasteiger partial charge in [0.2, 0.25) is 0 Å². The minimum absolute atomic E-state index is 0.465. The number of nitrogens with zero attached hydrogens (tertiary/aromatic N) is 1. The molecule has 82 valence electrons. The van der Waals surface area contributed by atoms with E-state index in [9.17, 15) is 0 Å². The van der Waals surface area contributed by atoms with Crippen molar-refractivity contribution < 1.29 is 4.74 Å². The largest absolute Gasteiger partial charge is 0.375 e. The van der Waals surface area contributed by atoms with Crippen LogP contribution in [0.25, 0.3) is 0 Å². The molecule has 2 aliphatic rings. The van der Waals surface area contributed by atoms with Crippen LogP contribution in [0.3, 0.4) is 0 Å². The molecule has 0 bridgehead atoms. The maximum Gasteiger partial charge on any atom is 0.0740 e. The molecular weight excluding hydrogens is 176 g/mol. The Bertz CT molecular complexity index is 184. The number of nitrogens with one attached hydrogen (secondary N) is 1. The molecule has 3 nitrogen and oxygen atoms in total. The molecule has 14 heavy (non-hydrogen) atoms. The molecule has 0 aromatic carbocycles. The Labute approximate surface area is 86.8 Å². The van der Waals surface area contributed by atoms with Crippen molar-refractivity contribution in [2.75, 3.05) is 32.8 Å². The van der Waals surface area contributed by atoms with Gasteiger partial charge in [-0.1, -0.05) is 0 Å². The number of ether oxygens (including phenoxy) is 1. The van der Waals surface area contributed by atoms with Gasteiger partial charge in [-0.25, -0.2) is 0 Å². The lowest BCUT2D eigenvalue weighted by atomic mass is 9.94. The van der Waals surface area contributed by atoms with Crippen LogP contribution in [0.2, 0.25) is 0 Å². The third kappa shape index (κ3) is 2.27. The van der Waals surface area contributed by atoms with Crippen molar-refractivity contribution in [3.63, 3.8) is 0 Å². The van der Waals surface area contributed by atoms with E-state index in [2.05, 4.69) is 24.1 Å². The monoisotopic (exact) mass is 198 g/mol. The van der Waals surface area contributed by atoms with Crippen LogP contribution < -0.4 is 5.32 Å². The predicted molar refractivity (Wildman–Crippen MR) is 57.4 cm³/mol. The molecule has 2 heterocycles. The van der Waals surface area contributed by atoms with Crippen LogP contribution in [0, 0.1) is 5.92 Å². The average molecular weight is 198 g/mol. The second-order valence-electron chi connectivity index (χ2n) is 4.75. The SMILES string of the molecule is CC(C)N1CCO[C@H]2CNCC[C@H]2C1. The van der Waals surface area contributed by atoms with Gasteiger partial charge in [0, 0.05) is 31.6 Å². The van der Waals surface area contributed by atoms with Crippen LogP contribution in [-0.4, -0.2) is 49.8 Å². The van der Waals surface area contributed by atoms with Gasteiger partial charge in [0.1, 0.15) is 0 Å². The normalized spacial score (nSPS) is 35.4. The highest BCUT2D eigenvalue weighted by Crippen LogP contribution is 2.21. The Morgan fingerprint density at radius 1 is 1.43 bits per heavy atom. The lowest BCUT2D eigenvalue weighted by Crippen LogP contribution is -2.45. The van der Waals surface area contributed by atoms with Crippen molar-refractivity contribution in [2.45, 2.75) is 32.4 Å². The van der Waals surface area contributed by atoms with Crippen LogP contribution in [0.1, 0.15) is 20.3 Å². The fourth-order valence-electron chi connectivity index (χ4n) is 2.47. The van der Waals surface area contributed by atoms with Crippen LogP contribution in [-0.2, 0) is 4.74 Å². The summed E-state index contributed by atoms with van der Waals surface area (Å²) in [5.41, 5.74) is 0. The zero-order valence-corrected chi connectivity index (χ0v) is 9.33. The van der Waals surface area contributed by atoms with Crippen LogP contribution >= 0.6 is 0 Å². The fraction of sp³-hybridized carbons (Fsp3) is 1.00. The Kier molecular flexibility index (Phi) is 3.42. The van der Waals surface area contributed by atoms with E-state index >= 15 is 0 Å². The highest BCUT2D eigenvalue weighted by Gasteiger charge is 2.30. The molecule has 0 unspecified atom stereocenters. The highest BCUT2D eigenvalue weighted by molar-refractivity contribution is 4.84. The Morgan fingerprint density at radius 2 is 2.29 bits per heavy atom. The summed E-state index contributed by atoms with van der Waals surface area (Å²) in [5.74, 6) is 0.751. The summed E-state index contributed by atoms with van der Waals surface area (Å²) in [6, 6.07) is 0.659. The van der Waals surface area contributed by atoms with E-state index in [0.29, 0.717) is 12.1 Å². The summed E-state index contributed by atoms with van der Waals surface area (Å²) < 4.78 is 5.88. The molecule has 2 saturated heterocycles. The molecule has 0 aromatic heterocycles. The van der Waals surface area contributed by atoms with E-state index in [0.717, 1.165) is 32.2 Å². The average Bonchev–Trinajstić information content (AvgIpc) is 2.39. The van der Waals surface area contributed by atoms with Gasteiger partial charge in [0.25, 0.3) is 0 Å². The molecule has 2 rings (SSSR count). The molecule has 1 N–H and O–H groups in total. The molecule has 2 aliphatic heterocycles. The number of rotatable bonds is 1. The first-order chi connectivity index (χ1) is 6.77. The van der Waals surface area contributed by atoms with Gasteiger partial charge in [-0.15, -0.1) is 0 Å². The van der Waals surface area contributed by atoms with Crippen LogP contribution in [0.4, 0.5) is 0 Å². The summed E-state index contributed by atoms with van der Waals surface area (Å²) >= 11 is 0. The third-order valence-electron chi connectivity index (χ3n) is 3.47. The number of piperidine rings is 1. The highest BCUT2D eigenvalue weighted by atomic mass is 16.5. The fourth-order valence-corrected chi connectivity index (χ4v) is 2.47. The third-order valence-corrected chi connectivity index (χ3v) is 3.47. The van der Waals surface area contributed by atoms with E-state index in [4.69, 9.17) is 4.74 Å². The van der Waals surface area contributed by atoms with Gasteiger partial charge in [-0.2, -0.15) is 0 Å². The Hall–Kier alpha value is -0.120. The molecule has 0 aromatic rings. The molecule has 2 fully saturated rings. The molecule has 0 aliphatic carbocycles. The molecular formula is C11H22N2O. The van der Waals surface area contributed by atoms with Crippen molar-refractivity contribution in [3.8, 4) is 0 Å². The maximum absolute atomic E-state index is 5.88. The number of fused-ring (bicyclic) bond motifs is 1. The molecule has 0 amide bonds. The smallest absolute Gasteiger partial charge is 0.0740 e. The number of hydrogen-bond acceptors (Lipinski definition) is 3. The summed E-state index contributed by atoms with van der Waals surface area (Å²) in [6.45, 7) is 10.0. The zero-order valence-electron chi connectivity index (χ0n) is 9.33. The Morgan fingerprint density at radius 3 is 3.07 bits per heavy atom. The van der Waals surface area contributed by atoms with E-state index in [1.807, 2.05) is 0 Å². The second-order valence-corrected chi connectivity index (χ2v) is 4.75. The van der Waals surface area contributed by atoms with E-state index in [1.54, 1.807) is 0 Å². The lowest BCUT2D eigenvalue weighted by Gasteiger charge is -2.33. The molecule has 0 radical (unpaired) electrons. The lowest BCUT2D eigenvalue weighted by molar-refractivity contribution is 0.0179. The van der Waals surface area contributed by atoms with E-state index in [1.165, 1.54) is 13.0 Å². The quantitative estimate of drug-likeness (QED) is 0.671. The summed E-state index contributed by atoms with van der Waals surface area (Å²) in [6.07, 6.45) is 1.74. The van der Waals surface area contributed by atoms with Gasteiger partial charge < -0.3 is 10.1 Å². The number of hydrogen-bond donors (Lipinski definition) is 1. The topological polar surface area (TPSA) is 24.5 Å². The first-order valence-electron chi connectivity index (χ1n) is 5.83. The van der Waals surface area contributed by atoms with Crippen LogP contribution in [0.5, 0.6) is 0 Å². The standard InChI is InChI=1S/C11H22N2O/c1-9(2)13-5-6-14-11-7-12-4-3-10(11)8-13/h9-12H,3-8H2,1-2H3/t10-,11-/m0/s1. The Balaban J connectivity index is 1.96. The van der Waals surface area contributed by atoms with Crippen molar-refractivity contribution in [1.82, 2.24) is 10.2 Å². The summed E-state index contributed by atoms with van der Waals surface area (Å²) in [5, 5.41) is 3.41. The van der Waals surface area contributed by atoms with Crippen molar-refractivity contribution >= 4 is 0 Å². The predicted octanol–water partition coefficient (Wildman–Crippen LogP) is 0.705. The van der Waals surface area contributed by atoms with Gasteiger partial charge in [0.15, 0.2) is 0 Å². The van der Waals surface area contributed by atoms with Gasteiger partial charge >= 0.3 is 0 Å². The maximum atomic E-state index is 5.88. The zero-order chi connectivity index (χ0) is 9.97. The van der Waals surface area contributed by atoms with Gasteiger partial charge in [-0.3, -0.25) is 4.90 Å². The summed E-state index contributed by atoms with van der Waals surface area (Å²) in [4.78, 5) is 2.55. The first kappa shape index (κ1) is 10.4. The molecule has 0 saturated carbocycles. The van der Waals surface area contributed by atoms with E-state index in [-0.39, 0.29) is 0 Å². The van der Waals surface area contributed by atoms with Crippen molar-refractivity contribution in [2.24, 2.45) is 5.92 Å².